The molecule has 1 fully saturated rings. The van der Waals surface area contributed by atoms with E-state index in [0.29, 0.717) is 17.6 Å². The summed E-state index contributed by atoms with van der Waals surface area (Å²) < 4.78 is 0. The zero-order valence-electron chi connectivity index (χ0n) is 14.7. The summed E-state index contributed by atoms with van der Waals surface area (Å²) in [6, 6.07) is 20.7. The average Bonchev–Trinajstić information content (AvgIpc) is 2.68. The predicted octanol–water partition coefficient (Wildman–Crippen LogP) is 3.58. The molecule has 25 heavy (non-hydrogen) atoms. The Labute approximate surface area is 150 Å². The van der Waals surface area contributed by atoms with E-state index in [4.69, 9.17) is 0 Å². The van der Waals surface area contributed by atoms with E-state index >= 15 is 0 Å². The van der Waals surface area contributed by atoms with Crippen molar-refractivity contribution in [3.8, 4) is 0 Å². The zero-order chi connectivity index (χ0) is 17.5. The summed E-state index contributed by atoms with van der Waals surface area (Å²) in [5, 5.41) is 3.73. The second kappa shape index (κ2) is 8.79. The second-order valence-electron chi connectivity index (χ2n) is 6.76. The van der Waals surface area contributed by atoms with Crippen LogP contribution in [0, 0.1) is 0 Å². The minimum atomic E-state index is -0.0824. The Morgan fingerprint density at radius 1 is 0.920 bits per heavy atom. The van der Waals surface area contributed by atoms with Gasteiger partial charge in [0.15, 0.2) is 0 Å². The summed E-state index contributed by atoms with van der Waals surface area (Å²) in [7, 11) is 0. The number of carbonyl (C=O) groups is 1. The molecule has 0 aromatic heterocycles. The molecule has 0 saturated heterocycles. The first-order valence-electron chi connectivity index (χ1n) is 9.16. The van der Waals surface area contributed by atoms with Crippen LogP contribution in [0.4, 0.5) is 0 Å². The Morgan fingerprint density at radius 3 is 2.20 bits per heavy atom. The molecule has 0 bridgehead atoms. The normalized spacial score (nSPS) is 21.5. The van der Waals surface area contributed by atoms with Crippen molar-refractivity contribution >= 4 is 5.91 Å². The molecule has 3 rings (SSSR count). The molecule has 1 saturated carbocycles. The van der Waals surface area contributed by atoms with E-state index in [-0.39, 0.29) is 11.9 Å². The second-order valence-corrected chi connectivity index (χ2v) is 6.76. The molecular weight excluding hydrogens is 310 g/mol. The number of hydrogen-bond acceptors (Lipinski definition) is 3. The minimum absolute atomic E-state index is 0.0824. The van der Waals surface area contributed by atoms with Gasteiger partial charge < -0.3 is 5.32 Å². The number of carbonyl (C=O) groups excluding carboxylic acids is 1. The van der Waals surface area contributed by atoms with E-state index in [1.54, 1.807) is 0 Å². The van der Waals surface area contributed by atoms with E-state index in [0.717, 1.165) is 12.8 Å². The maximum atomic E-state index is 12.2. The summed E-state index contributed by atoms with van der Waals surface area (Å²) in [6.45, 7) is 2.20. The first-order valence-corrected chi connectivity index (χ1v) is 9.16. The van der Waals surface area contributed by atoms with Gasteiger partial charge in [-0.25, -0.2) is 5.43 Å². The number of nitrogens with one attached hydrogen (secondary N) is 3. The first kappa shape index (κ1) is 17.6. The monoisotopic (exact) mass is 337 g/mol. The molecule has 3 unspecified atom stereocenters. The molecule has 0 radical (unpaired) electrons. The smallest absolute Gasteiger partial charge is 0.265 e. The molecule has 2 aromatic carbocycles. The number of hydrogen-bond donors (Lipinski definition) is 3. The molecule has 4 nitrogen and oxygen atoms in total. The maximum absolute atomic E-state index is 12.2. The molecule has 4 heteroatoms. The van der Waals surface area contributed by atoms with Crippen molar-refractivity contribution in [2.45, 2.75) is 50.7 Å². The highest BCUT2D eigenvalue weighted by Gasteiger charge is 2.26. The summed E-state index contributed by atoms with van der Waals surface area (Å²) >= 11 is 0. The van der Waals surface area contributed by atoms with Crippen LogP contribution in [0.1, 0.15) is 54.6 Å². The number of amides is 1. The molecule has 2 aromatic rings. The van der Waals surface area contributed by atoms with Crippen LogP contribution >= 0.6 is 0 Å². The van der Waals surface area contributed by atoms with Gasteiger partial charge in [0.1, 0.15) is 0 Å². The Morgan fingerprint density at radius 2 is 1.52 bits per heavy atom. The minimum Gasteiger partial charge on any atom is -0.306 e. The molecule has 1 aliphatic rings. The van der Waals surface area contributed by atoms with Crippen molar-refractivity contribution < 1.29 is 4.79 Å². The Hall–Kier alpha value is -2.17. The third kappa shape index (κ3) is 4.91. The van der Waals surface area contributed by atoms with Crippen LogP contribution in [0.3, 0.4) is 0 Å². The van der Waals surface area contributed by atoms with Crippen LogP contribution in [0.25, 0.3) is 0 Å². The lowest BCUT2D eigenvalue weighted by molar-refractivity contribution is 0.0912. The number of rotatable bonds is 6. The van der Waals surface area contributed by atoms with Gasteiger partial charge in [0.2, 0.25) is 0 Å². The van der Waals surface area contributed by atoms with Crippen LogP contribution in [-0.2, 0) is 0 Å². The predicted molar refractivity (Wildman–Crippen MR) is 101 cm³/mol. The lowest BCUT2D eigenvalue weighted by Gasteiger charge is -2.35. The van der Waals surface area contributed by atoms with E-state index in [2.05, 4.69) is 47.4 Å². The Kier molecular flexibility index (Phi) is 6.20. The largest absolute Gasteiger partial charge is 0.306 e. The summed E-state index contributed by atoms with van der Waals surface area (Å²) in [6.07, 6.45) is 4.60. The molecule has 3 N–H and O–H groups in total. The van der Waals surface area contributed by atoms with Crippen molar-refractivity contribution in [3.05, 3.63) is 71.8 Å². The van der Waals surface area contributed by atoms with Gasteiger partial charge in [-0.15, -0.1) is 0 Å². The van der Waals surface area contributed by atoms with Gasteiger partial charge in [0.25, 0.3) is 5.91 Å². The van der Waals surface area contributed by atoms with Gasteiger partial charge >= 0.3 is 0 Å². The summed E-state index contributed by atoms with van der Waals surface area (Å²) in [5.41, 5.74) is 8.11. The highest BCUT2D eigenvalue weighted by Crippen LogP contribution is 2.22. The van der Waals surface area contributed by atoms with E-state index < -0.39 is 0 Å². The number of benzene rings is 2. The van der Waals surface area contributed by atoms with Crippen LogP contribution in [-0.4, -0.2) is 18.0 Å². The molecule has 132 valence electrons. The van der Waals surface area contributed by atoms with Crippen LogP contribution < -0.4 is 16.2 Å². The molecule has 0 heterocycles. The van der Waals surface area contributed by atoms with Crippen LogP contribution in [0.2, 0.25) is 0 Å². The van der Waals surface area contributed by atoms with Crippen molar-refractivity contribution in [2.24, 2.45) is 0 Å². The topological polar surface area (TPSA) is 53.2 Å². The highest BCUT2D eigenvalue weighted by atomic mass is 16.2. The SMILES string of the molecule is CC(NC1CCCCC1NNC(=O)c1ccccc1)c1ccccc1. The van der Waals surface area contributed by atoms with Gasteiger partial charge in [-0.1, -0.05) is 61.4 Å². The Bertz CT molecular complexity index is 659. The molecule has 1 aliphatic carbocycles. The molecule has 3 atom stereocenters. The zero-order valence-corrected chi connectivity index (χ0v) is 14.7. The van der Waals surface area contributed by atoms with E-state index in [1.165, 1.54) is 18.4 Å². The number of hydrazine groups is 1. The van der Waals surface area contributed by atoms with Crippen LogP contribution in [0.5, 0.6) is 0 Å². The third-order valence-corrected chi connectivity index (χ3v) is 4.94. The first-order chi connectivity index (χ1) is 12.2. The fourth-order valence-corrected chi connectivity index (χ4v) is 3.48. The molecule has 0 aliphatic heterocycles. The molecule has 0 spiro atoms. The standard InChI is InChI=1S/C21H27N3O/c1-16(17-10-4-2-5-11-17)22-19-14-8-9-15-20(19)23-24-21(25)18-12-6-3-7-13-18/h2-7,10-13,16,19-20,22-23H,8-9,14-15H2,1H3,(H,24,25). The van der Waals surface area contributed by atoms with Gasteiger partial charge in [-0.2, -0.15) is 0 Å². The molecular formula is C21H27N3O. The lowest BCUT2D eigenvalue weighted by Crippen LogP contribution is -2.55. The van der Waals surface area contributed by atoms with Gasteiger partial charge in [-0.05, 0) is 37.5 Å². The fourth-order valence-electron chi connectivity index (χ4n) is 3.48. The van der Waals surface area contributed by atoms with Gasteiger partial charge in [0.05, 0.1) is 0 Å². The third-order valence-electron chi connectivity index (χ3n) is 4.94. The van der Waals surface area contributed by atoms with Crippen molar-refractivity contribution in [3.63, 3.8) is 0 Å². The van der Waals surface area contributed by atoms with Crippen molar-refractivity contribution in [1.82, 2.24) is 16.2 Å². The molecule has 1 amide bonds. The average molecular weight is 337 g/mol. The fraction of sp³-hybridized carbons (Fsp3) is 0.381. The van der Waals surface area contributed by atoms with Crippen molar-refractivity contribution in [1.29, 1.82) is 0 Å². The van der Waals surface area contributed by atoms with E-state index in [9.17, 15) is 4.79 Å². The van der Waals surface area contributed by atoms with Crippen molar-refractivity contribution in [2.75, 3.05) is 0 Å². The van der Waals surface area contributed by atoms with Gasteiger partial charge in [0, 0.05) is 23.7 Å². The highest BCUT2D eigenvalue weighted by molar-refractivity contribution is 5.93. The Balaban J connectivity index is 1.56. The summed E-state index contributed by atoms with van der Waals surface area (Å²) in [5.74, 6) is -0.0824. The van der Waals surface area contributed by atoms with Crippen LogP contribution in [0.15, 0.2) is 60.7 Å². The lowest BCUT2D eigenvalue weighted by atomic mass is 9.89. The summed E-state index contributed by atoms with van der Waals surface area (Å²) in [4.78, 5) is 12.2. The maximum Gasteiger partial charge on any atom is 0.265 e. The quantitative estimate of drug-likeness (QED) is 0.706. The van der Waals surface area contributed by atoms with E-state index in [1.807, 2.05) is 36.4 Å². The van der Waals surface area contributed by atoms with Gasteiger partial charge in [-0.3, -0.25) is 10.2 Å².